The number of ether oxygens (including phenoxy) is 9. The molecular formula is C48H45I6O9S+. The van der Waals surface area contributed by atoms with Crippen LogP contribution in [0.2, 0.25) is 0 Å². The van der Waals surface area contributed by atoms with Gasteiger partial charge >= 0.3 is 0 Å². The first-order valence-corrected chi connectivity index (χ1v) is 27.7. The van der Waals surface area contributed by atoms with Gasteiger partial charge in [-0.15, -0.1) is 0 Å². The third-order valence-electron chi connectivity index (χ3n) is 9.05. The molecule has 0 N–H and O–H groups in total. The van der Waals surface area contributed by atoms with Gasteiger partial charge in [0.2, 0.25) is 0 Å². The monoisotopic (exact) mass is 1560 g/mol. The average Bonchev–Trinajstić information content (AvgIpc) is 3.28. The molecule has 9 nitrogen and oxygen atoms in total. The summed E-state index contributed by atoms with van der Waals surface area (Å²) in [5.41, 5.74) is 3.19. The predicted octanol–water partition coefficient (Wildman–Crippen LogP) is 14.3. The van der Waals surface area contributed by atoms with E-state index in [1.165, 1.54) is 4.90 Å². The zero-order chi connectivity index (χ0) is 45.4. The molecule has 0 heterocycles. The first-order chi connectivity index (χ1) is 31.1. The second-order valence-electron chi connectivity index (χ2n) is 13.5. The van der Waals surface area contributed by atoms with Gasteiger partial charge in [-0.25, -0.2) is 0 Å². The Morgan fingerprint density at radius 1 is 0.344 bits per heavy atom. The number of rotatable bonds is 24. The highest BCUT2D eigenvalue weighted by molar-refractivity contribution is 14.1. The van der Waals surface area contributed by atoms with Crippen LogP contribution in [0.5, 0.6) is 34.5 Å². The number of halogens is 6. The van der Waals surface area contributed by atoms with E-state index in [-0.39, 0.29) is 20.4 Å². The highest BCUT2D eigenvalue weighted by Gasteiger charge is 2.29. The van der Waals surface area contributed by atoms with Gasteiger partial charge in [-0.05, 0) is 270 Å². The van der Waals surface area contributed by atoms with Crippen molar-refractivity contribution in [3.63, 3.8) is 0 Å². The van der Waals surface area contributed by atoms with E-state index in [0.717, 1.165) is 82.4 Å². The second kappa shape index (κ2) is 27.1. The van der Waals surface area contributed by atoms with E-state index in [4.69, 9.17) is 42.6 Å². The van der Waals surface area contributed by atoms with Gasteiger partial charge in [-0.2, -0.15) is 0 Å². The Labute approximate surface area is 460 Å². The summed E-state index contributed by atoms with van der Waals surface area (Å²) in [6.45, 7) is 9.62. The molecule has 0 fully saturated rings. The summed E-state index contributed by atoms with van der Waals surface area (Å²) in [6.07, 6.45) is 0. The van der Waals surface area contributed by atoms with Crippen molar-refractivity contribution in [2.75, 3.05) is 40.2 Å². The zero-order valence-electron chi connectivity index (χ0n) is 35.1. The molecule has 0 saturated carbocycles. The molecule has 0 bridgehead atoms. The van der Waals surface area contributed by atoms with Crippen LogP contribution in [0.3, 0.4) is 0 Å². The topological polar surface area (TPSA) is 83.1 Å². The van der Waals surface area contributed by atoms with Gasteiger partial charge in [0.05, 0.1) is 32.3 Å². The van der Waals surface area contributed by atoms with Gasteiger partial charge in [0.1, 0.15) is 54.3 Å². The maximum Gasteiger partial charge on any atom is 0.189 e. The summed E-state index contributed by atoms with van der Waals surface area (Å²) in [5.74, 6) is 4.83. The van der Waals surface area contributed by atoms with Crippen molar-refractivity contribution in [2.45, 2.75) is 55.3 Å². The second-order valence-corrected chi connectivity index (χ2v) is 22.5. The van der Waals surface area contributed by atoms with Crippen LogP contribution in [0.25, 0.3) is 0 Å². The van der Waals surface area contributed by atoms with E-state index in [9.17, 15) is 0 Å². The maximum atomic E-state index is 6.30. The first kappa shape index (κ1) is 52.1. The summed E-state index contributed by atoms with van der Waals surface area (Å²) < 4.78 is 58.6. The third kappa shape index (κ3) is 15.4. The predicted molar refractivity (Wildman–Crippen MR) is 301 cm³/mol. The SMILES string of the molecule is CCOCOc1c(I)cc(COc2ccc([S+](c3ccc(COc4cc(I)c(OCOCC)c(I)c4)cc3)c3ccc(OCc4cc(I)c(OCOCC)c(I)c4)cc3)cc2)cc1I. The van der Waals surface area contributed by atoms with Gasteiger partial charge in [-0.3, -0.25) is 0 Å². The van der Waals surface area contributed by atoms with Crippen LogP contribution in [0, 0.1) is 21.4 Å². The van der Waals surface area contributed by atoms with Gasteiger partial charge in [-0.1, -0.05) is 12.1 Å². The molecule has 0 aliphatic carbocycles. The molecule has 64 heavy (non-hydrogen) atoms. The maximum absolute atomic E-state index is 6.30. The van der Waals surface area contributed by atoms with Crippen molar-refractivity contribution in [3.8, 4) is 34.5 Å². The summed E-state index contributed by atoms with van der Waals surface area (Å²) >= 11 is 13.8. The molecular weight excluding hydrogens is 1510 g/mol. The van der Waals surface area contributed by atoms with Crippen molar-refractivity contribution in [1.29, 1.82) is 0 Å². The molecule has 0 unspecified atom stereocenters. The third-order valence-corrected chi connectivity index (χ3v) is 16.1. The van der Waals surface area contributed by atoms with Crippen molar-refractivity contribution in [1.82, 2.24) is 0 Å². The minimum atomic E-state index is -0.427. The van der Waals surface area contributed by atoms with Crippen LogP contribution in [0.4, 0.5) is 0 Å². The van der Waals surface area contributed by atoms with Gasteiger partial charge in [0.15, 0.2) is 35.1 Å². The first-order valence-electron chi connectivity index (χ1n) is 20.0. The van der Waals surface area contributed by atoms with E-state index in [1.54, 1.807) is 0 Å². The normalized spacial score (nSPS) is 11.2. The summed E-state index contributed by atoms with van der Waals surface area (Å²) in [6, 6.07) is 37.9. The van der Waals surface area contributed by atoms with Gasteiger partial charge in [0.25, 0.3) is 0 Å². The Morgan fingerprint density at radius 2 is 0.641 bits per heavy atom. The summed E-state index contributed by atoms with van der Waals surface area (Å²) in [7, 11) is -0.427. The van der Waals surface area contributed by atoms with Crippen molar-refractivity contribution < 1.29 is 42.6 Å². The standard InChI is InChI=1S/C48H45I6O9S/c1-4-55-28-61-46-40(49)19-32(20-41(46)50)26-58-34-9-15-38(16-10-34)64(37-13-7-31(8-14-37)25-60-36-23-44(53)48(45(54)24-36)63-30-57-6-3)39-17-11-35(12-18-39)59-27-33-21-42(51)47(43(52)22-33)62-29-56-5-2/h7-24H,4-6,25-30H2,1-3H3/q+1. The molecule has 6 aromatic carbocycles. The number of hydrogen-bond donors (Lipinski definition) is 0. The van der Waals surface area contributed by atoms with Crippen LogP contribution in [0.1, 0.15) is 37.5 Å². The average molecular weight is 1560 g/mol. The Hall–Kier alpha value is -1.27. The minimum absolute atomic E-state index is 0.216. The zero-order valence-corrected chi connectivity index (χ0v) is 48.9. The highest BCUT2D eigenvalue weighted by atomic mass is 127. The van der Waals surface area contributed by atoms with E-state index in [1.807, 2.05) is 32.9 Å². The minimum Gasteiger partial charge on any atom is -0.489 e. The molecule has 0 aromatic heterocycles. The van der Waals surface area contributed by atoms with E-state index in [0.29, 0.717) is 39.6 Å². The van der Waals surface area contributed by atoms with Crippen LogP contribution in [-0.2, 0) is 44.9 Å². The van der Waals surface area contributed by atoms with Crippen molar-refractivity contribution >= 4 is 146 Å². The number of hydrogen-bond acceptors (Lipinski definition) is 9. The van der Waals surface area contributed by atoms with Crippen LogP contribution < -0.4 is 28.4 Å². The lowest BCUT2D eigenvalue weighted by molar-refractivity contribution is 0.0211. The molecule has 6 rings (SSSR count). The fourth-order valence-electron chi connectivity index (χ4n) is 5.95. The van der Waals surface area contributed by atoms with E-state index < -0.39 is 10.9 Å². The lowest BCUT2D eigenvalue weighted by atomic mass is 10.2. The van der Waals surface area contributed by atoms with Gasteiger partial charge < -0.3 is 42.6 Å². The Balaban J connectivity index is 1.18. The van der Waals surface area contributed by atoms with Crippen LogP contribution in [0.15, 0.2) is 124 Å². The molecule has 338 valence electrons. The quantitative estimate of drug-likeness (QED) is 0.0255. The molecule has 0 amide bonds. The fraction of sp³-hybridized carbons (Fsp3) is 0.250. The smallest absolute Gasteiger partial charge is 0.189 e. The summed E-state index contributed by atoms with van der Waals surface area (Å²) in [4.78, 5) is 3.51. The van der Waals surface area contributed by atoms with Crippen LogP contribution >= 0.6 is 136 Å². The molecule has 0 aliphatic heterocycles. The fourth-order valence-corrected chi connectivity index (χ4v) is 14.4. The molecule has 6 aromatic rings. The Bertz CT molecular complexity index is 2080. The Kier molecular flexibility index (Phi) is 22.0. The van der Waals surface area contributed by atoms with E-state index >= 15 is 0 Å². The molecule has 0 spiro atoms. The van der Waals surface area contributed by atoms with E-state index in [2.05, 4.69) is 233 Å². The van der Waals surface area contributed by atoms with Crippen molar-refractivity contribution in [3.05, 3.63) is 147 Å². The van der Waals surface area contributed by atoms with Gasteiger partial charge in [0, 0.05) is 19.8 Å². The van der Waals surface area contributed by atoms with Crippen molar-refractivity contribution in [2.24, 2.45) is 0 Å². The molecule has 0 aliphatic rings. The molecule has 0 atom stereocenters. The summed E-state index contributed by atoms with van der Waals surface area (Å²) in [5, 5.41) is 0. The Morgan fingerprint density at radius 3 is 0.984 bits per heavy atom. The van der Waals surface area contributed by atoms with Crippen LogP contribution in [-0.4, -0.2) is 40.2 Å². The highest BCUT2D eigenvalue weighted by Crippen LogP contribution is 2.36. The molecule has 0 radical (unpaired) electrons. The number of benzene rings is 6. The lowest BCUT2D eigenvalue weighted by Gasteiger charge is -2.14. The largest absolute Gasteiger partial charge is 0.489 e. The lowest BCUT2D eigenvalue weighted by Crippen LogP contribution is -2.07. The molecule has 0 saturated heterocycles. The molecule has 16 heteroatoms.